The summed E-state index contributed by atoms with van der Waals surface area (Å²) in [5.74, 6) is 1.64. The van der Waals surface area contributed by atoms with E-state index < -0.39 is 0 Å². The Bertz CT molecular complexity index is 740. The van der Waals surface area contributed by atoms with E-state index in [4.69, 9.17) is 18.7 Å². The Balaban J connectivity index is 1.84. The van der Waals surface area contributed by atoms with E-state index >= 15 is 0 Å². The molecule has 1 aliphatic heterocycles. The molecule has 0 bridgehead atoms. The van der Waals surface area contributed by atoms with Crippen LogP contribution in [0.3, 0.4) is 0 Å². The molecule has 0 saturated carbocycles. The van der Waals surface area contributed by atoms with Crippen LogP contribution in [0.1, 0.15) is 36.1 Å². The van der Waals surface area contributed by atoms with Crippen molar-refractivity contribution in [2.75, 3.05) is 19.5 Å². The van der Waals surface area contributed by atoms with Crippen LogP contribution in [-0.2, 0) is 9.53 Å². The maximum Gasteiger partial charge on any atom is 0.221 e. The van der Waals surface area contributed by atoms with Gasteiger partial charge in [-0.2, -0.15) is 0 Å². The molecule has 2 aromatic rings. The Morgan fingerprint density at radius 1 is 1.22 bits per heavy atom. The van der Waals surface area contributed by atoms with Crippen LogP contribution in [0.5, 0.6) is 11.5 Å². The summed E-state index contributed by atoms with van der Waals surface area (Å²) < 4.78 is 21.6. The second-order valence-corrected chi connectivity index (χ2v) is 5.28. The molecular formula is C16H18N2O5. The number of epoxide rings is 1. The molecule has 122 valence electrons. The molecule has 1 aromatic heterocycles. The van der Waals surface area contributed by atoms with E-state index in [0.717, 1.165) is 5.56 Å². The molecular weight excluding hydrogens is 300 g/mol. The van der Waals surface area contributed by atoms with Crippen molar-refractivity contribution >= 4 is 11.6 Å². The molecule has 0 radical (unpaired) electrons. The third kappa shape index (κ3) is 2.87. The van der Waals surface area contributed by atoms with Crippen molar-refractivity contribution in [3.05, 3.63) is 35.2 Å². The van der Waals surface area contributed by atoms with E-state index in [1.54, 1.807) is 21.1 Å². The minimum atomic E-state index is -0.281. The fraction of sp³-hybridized carbons (Fsp3) is 0.375. The Morgan fingerprint density at radius 3 is 2.61 bits per heavy atom. The lowest BCUT2D eigenvalue weighted by Gasteiger charge is -2.08. The van der Waals surface area contributed by atoms with Gasteiger partial charge in [0.25, 0.3) is 0 Å². The average molecular weight is 318 g/mol. The number of aromatic nitrogens is 1. The van der Waals surface area contributed by atoms with Gasteiger partial charge in [-0.05, 0) is 24.6 Å². The van der Waals surface area contributed by atoms with Crippen LogP contribution >= 0.6 is 0 Å². The zero-order valence-corrected chi connectivity index (χ0v) is 13.4. The van der Waals surface area contributed by atoms with Crippen molar-refractivity contribution in [3.63, 3.8) is 0 Å². The molecule has 1 saturated heterocycles. The lowest BCUT2D eigenvalue weighted by molar-refractivity contribution is -0.114. The van der Waals surface area contributed by atoms with Crippen LogP contribution in [0.4, 0.5) is 5.69 Å². The fourth-order valence-corrected chi connectivity index (χ4v) is 2.50. The Labute approximate surface area is 133 Å². The molecule has 1 N–H and O–H groups in total. The normalized spacial score (nSPS) is 19.3. The molecule has 7 nitrogen and oxygen atoms in total. The number of carbonyl (C=O) groups is 1. The number of aryl methyl sites for hydroxylation is 1. The number of nitrogens with zero attached hydrogens (tertiary/aromatic N) is 1. The zero-order chi connectivity index (χ0) is 16.6. The van der Waals surface area contributed by atoms with Gasteiger partial charge in [0.15, 0.2) is 23.4 Å². The Kier molecular flexibility index (Phi) is 3.96. The smallest absolute Gasteiger partial charge is 0.221 e. The fourth-order valence-electron chi connectivity index (χ4n) is 2.50. The van der Waals surface area contributed by atoms with E-state index in [1.165, 1.54) is 6.92 Å². The molecule has 1 aromatic carbocycles. The van der Waals surface area contributed by atoms with E-state index in [-0.39, 0.29) is 18.1 Å². The minimum Gasteiger partial charge on any atom is -0.493 e. The summed E-state index contributed by atoms with van der Waals surface area (Å²) in [6.45, 7) is 3.21. The van der Waals surface area contributed by atoms with Crippen LogP contribution in [0.15, 0.2) is 22.7 Å². The molecule has 3 rings (SSSR count). The third-order valence-electron chi connectivity index (χ3n) is 3.68. The van der Waals surface area contributed by atoms with Gasteiger partial charge in [0.1, 0.15) is 17.5 Å². The molecule has 1 amide bonds. The van der Waals surface area contributed by atoms with Gasteiger partial charge in [0.05, 0.1) is 14.2 Å². The summed E-state index contributed by atoms with van der Waals surface area (Å²) in [6.07, 6.45) is -0.453. The summed E-state index contributed by atoms with van der Waals surface area (Å²) in [6, 6.07) is 5.60. The van der Waals surface area contributed by atoms with Gasteiger partial charge < -0.3 is 24.1 Å². The number of anilines is 1. The van der Waals surface area contributed by atoms with Gasteiger partial charge in [-0.3, -0.25) is 4.79 Å². The van der Waals surface area contributed by atoms with Crippen LogP contribution in [0.25, 0.3) is 0 Å². The molecule has 0 spiro atoms. The number of hydrogen-bond acceptors (Lipinski definition) is 6. The number of hydrogen-bond donors (Lipinski definition) is 1. The quantitative estimate of drug-likeness (QED) is 0.853. The minimum absolute atomic E-state index is 0.172. The number of methoxy groups -OCH3 is 2. The number of rotatable bonds is 5. The molecule has 0 aliphatic carbocycles. The van der Waals surface area contributed by atoms with Crippen LogP contribution < -0.4 is 14.8 Å². The van der Waals surface area contributed by atoms with Crippen LogP contribution in [-0.4, -0.2) is 25.3 Å². The number of nitrogens with one attached hydrogen (secondary N) is 1. The van der Waals surface area contributed by atoms with Gasteiger partial charge >= 0.3 is 0 Å². The lowest BCUT2D eigenvalue weighted by atomic mass is 10.1. The van der Waals surface area contributed by atoms with Crippen molar-refractivity contribution in [1.82, 2.24) is 5.16 Å². The lowest BCUT2D eigenvalue weighted by Crippen LogP contribution is -2.07. The third-order valence-corrected chi connectivity index (χ3v) is 3.68. The topological polar surface area (TPSA) is 86.1 Å². The van der Waals surface area contributed by atoms with Crippen molar-refractivity contribution < 1.29 is 23.5 Å². The van der Waals surface area contributed by atoms with Crippen molar-refractivity contribution in [2.45, 2.75) is 26.1 Å². The number of amides is 1. The number of ether oxygens (including phenoxy) is 3. The number of carbonyl (C=O) groups excluding carboxylic acids is 1. The second kappa shape index (κ2) is 5.92. The van der Waals surface area contributed by atoms with Gasteiger partial charge in [-0.15, -0.1) is 0 Å². The van der Waals surface area contributed by atoms with Crippen molar-refractivity contribution in [1.29, 1.82) is 0 Å². The van der Waals surface area contributed by atoms with Crippen molar-refractivity contribution in [2.24, 2.45) is 0 Å². The van der Waals surface area contributed by atoms with E-state index in [9.17, 15) is 4.79 Å². The maximum atomic E-state index is 11.3. The molecule has 23 heavy (non-hydrogen) atoms. The molecule has 1 fully saturated rings. The van der Waals surface area contributed by atoms with Crippen LogP contribution in [0, 0.1) is 6.92 Å². The molecule has 7 heteroatoms. The Morgan fingerprint density at radius 2 is 1.96 bits per heavy atom. The maximum absolute atomic E-state index is 11.3. The van der Waals surface area contributed by atoms with E-state index in [2.05, 4.69) is 10.5 Å². The highest BCUT2D eigenvalue weighted by atomic mass is 16.6. The molecule has 2 heterocycles. The molecule has 0 unspecified atom stereocenters. The van der Waals surface area contributed by atoms with E-state index in [1.807, 2.05) is 18.2 Å². The van der Waals surface area contributed by atoms with E-state index in [0.29, 0.717) is 28.6 Å². The zero-order valence-electron chi connectivity index (χ0n) is 13.4. The first kappa shape index (κ1) is 15.4. The Hall–Kier alpha value is -2.54. The standard InChI is InChI=1S/C16H18N2O5/c1-8-13(17-9(2)19)15(23-18-8)16-14(22-16)10-5-6-11(20-3)12(7-10)21-4/h5-7,14,16H,1-4H3,(H,17,19)/t14-,16+/m0/s1. The largest absolute Gasteiger partial charge is 0.493 e. The first-order valence-electron chi connectivity index (χ1n) is 7.16. The SMILES string of the molecule is COc1ccc([C@@H]2O[C@H]2c2onc(C)c2NC(C)=O)cc1OC. The first-order chi connectivity index (χ1) is 11.0. The second-order valence-electron chi connectivity index (χ2n) is 5.28. The van der Waals surface area contributed by atoms with Crippen molar-refractivity contribution in [3.8, 4) is 11.5 Å². The summed E-state index contributed by atoms with van der Waals surface area (Å²) in [4.78, 5) is 11.3. The summed E-state index contributed by atoms with van der Waals surface area (Å²) in [7, 11) is 3.17. The highest BCUT2D eigenvalue weighted by Gasteiger charge is 2.46. The highest BCUT2D eigenvalue weighted by molar-refractivity contribution is 5.89. The van der Waals surface area contributed by atoms with Gasteiger partial charge in [0, 0.05) is 6.92 Å². The highest BCUT2D eigenvalue weighted by Crippen LogP contribution is 2.54. The number of benzene rings is 1. The monoisotopic (exact) mass is 318 g/mol. The summed E-state index contributed by atoms with van der Waals surface area (Å²) >= 11 is 0. The molecule has 1 aliphatic rings. The van der Waals surface area contributed by atoms with Gasteiger partial charge in [-0.25, -0.2) is 0 Å². The average Bonchev–Trinajstić information content (AvgIpc) is 3.25. The summed E-state index contributed by atoms with van der Waals surface area (Å²) in [5.41, 5.74) is 2.14. The van der Waals surface area contributed by atoms with Crippen LogP contribution in [0.2, 0.25) is 0 Å². The van der Waals surface area contributed by atoms with Gasteiger partial charge in [-0.1, -0.05) is 11.2 Å². The predicted molar refractivity (Wildman–Crippen MR) is 81.7 cm³/mol. The molecule has 2 atom stereocenters. The predicted octanol–water partition coefficient (Wildman–Crippen LogP) is 2.77. The van der Waals surface area contributed by atoms with Gasteiger partial charge in [0.2, 0.25) is 5.91 Å². The summed E-state index contributed by atoms with van der Waals surface area (Å²) in [5, 5.41) is 6.64. The first-order valence-corrected chi connectivity index (χ1v) is 7.16.